The third-order valence-corrected chi connectivity index (χ3v) is 5.04. The lowest BCUT2D eigenvalue weighted by molar-refractivity contribution is 0.0817. The highest BCUT2D eigenvalue weighted by molar-refractivity contribution is 6.03. The van der Waals surface area contributed by atoms with Crippen LogP contribution in [0.25, 0.3) is 0 Å². The van der Waals surface area contributed by atoms with Crippen molar-refractivity contribution in [2.24, 2.45) is 0 Å². The van der Waals surface area contributed by atoms with Gasteiger partial charge in [0.2, 0.25) is 0 Å². The molecule has 1 N–H and O–H groups in total. The van der Waals surface area contributed by atoms with E-state index < -0.39 is 0 Å². The van der Waals surface area contributed by atoms with Crippen molar-refractivity contribution in [2.45, 2.75) is 19.9 Å². The van der Waals surface area contributed by atoms with Gasteiger partial charge in [0.1, 0.15) is 6.07 Å². The predicted octanol–water partition coefficient (Wildman–Crippen LogP) is 3.59. The van der Waals surface area contributed by atoms with Crippen LogP contribution in [0.2, 0.25) is 0 Å². The Morgan fingerprint density at radius 1 is 1.23 bits per heavy atom. The summed E-state index contributed by atoms with van der Waals surface area (Å²) in [6.45, 7) is 2.45. The number of aryl methyl sites for hydroxylation is 1. The lowest BCUT2D eigenvalue weighted by Crippen LogP contribution is -2.18. The summed E-state index contributed by atoms with van der Waals surface area (Å²) in [5.74, 6) is 0.349. The molecule has 0 saturated carbocycles. The Balaban J connectivity index is 1.77. The van der Waals surface area contributed by atoms with E-state index in [1.54, 1.807) is 24.1 Å². The van der Waals surface area contributed by atoms with Crippen molar-refractivity contribution in [3.05, 3.63) is 76.4 Å². The fraction of sp³-hybridized carbons (Fsp3) is 0.217. The number of methoxy groups -OCH3 is 1. The quantitative estimate of drug-likeness (QED) is 0.705. The molecule has 0 unspecified atom stereocenters. The zero-order chi connectivity index (χ0) is 21.3. The first-order valence-electron chi connectivity index (χ1n) is 9.54. The summed E-state index contributed by atoms with van der Waals surface area (Å²) >= 11 is 0. The molecule has 1 aliphatic rings. The first-order valence-corrected chi connectivity index (χ1v) is 9.54. The molecule has 150 valence electrons. The third kappa shape index (κ3) is 3.55. The summed E-state index contributed by atoms with van der Waals surface area (Å²) in [6.07, 6.45) is 2.38. The molecule has 7 heteroatoms. The Morgan fingerprint density at radius 2 is 2.07 bits per heavy atom. The topological polar surface area (TPSA) is 91.1 Å². The second kappa shape index (κ2) is 7.84. The Bertz CT molecular complexity index is 1170. The smallest absolute Gasteiger partial charge is 0.257 e. The van der Waals surface area contributed by atoms with Crippen LogP contribution in [0.15, 0.2) is 42.6 Å². The van der Waals surface area contributed by atoms with Gasteiger partial charge in [-0.15, -0.1) is 0 Å². The van der Waals surface area contributed by atoms with Crippen LogP contribution in [0, 0.1) is 18.3 Å². The van der Waals surface area contributed by atoms with Crippen LogP contribution in [-0.4, -0.2) is 34.9 Å². The van der Waals surface area contributed by atoms with Crippen LogP contribution in [0.4, 0.5) is 11.4 Å². The van der Waals surface area contributed by atoms with Gasteiger partial charge in [0.05, 0.1) is 41.9 Å². The van der Waals surface area contributed by atoms with Crippen LogP contribution in [-0.2, 0) is 13.0 Å². The van der Waals surface area contributed by atoms with Crippen molar-refractivity contribution >= 4 is 17.3 Å². The van der Waals surface area contributed by atoms with Crippen molar-refractivity contribution in [1.29, 1.82) is 5.26 Å². The number of pyridine rings is 2. The molecule has 30 heavy (non-hydrogen) atoms. The molecule has 1 amide bonds. The SMILES string of the molecule is COc1c(C#N)cccc1Nc1cc(Cc2ccc(C)cn2)nc2c1C(=O)N(C)C2. The molecule has 0 spiro atoms. The summed E-state index contributed by atoms with van der Waals surface area (Å²) in [7, 11) is 3.28. The molecule has 0 saturated heterocycles. The van der Waals surface area contributed by atoms with Crippen LogP contribution < -0.4 is 10.1 Å². The number of carbonyl (C=O) groups is 1. The maximum atomic E-state index is 12.7. The number of hydrogen-bond acceptors (Lipinski definition) is 6. The number of ether oxygens (including phenoxy) is 1. The molecule has 3 aromatic rings. The van der Waals surface area contributed by atoms with Gasteiger partial charge in [-0.3, -0.25) is 14.8 Å². The van der Waals surface area contributed by atoms with Gasteiger partial charge in [0, 0.05) is 31.1 Å². The van der Waals surface area contributed by atoms with Gasteiger partial charge in [-0.1, -0.05) is 12.1 Å². The van der Waals surface area contributed by atoms with E-state index in [9.17, 15) is 10.1 Å². The second-order valence-electron chi connectivity index (χ2n) is 7.27. The fourth-order valence-corrected chi connectivity index (χ4v) is 3.56. The van der Waals surface area contributed by atoms with Crippen molar-refractivity contribution < 1.29 is 9.53 Å². The van der Waals surface area contributed by atoms with E-state index in [0.717, 1.165) is 22.6 Å². The number of nitriles is 1. The summed E-state index contributed by atoms with van der Waals surface area (Å²) in [5, 5.41) is 12.7. The molecule has 0 bridgehead atoms. The molecule has 7 nitrogen and oxygen atoms in total. The second-order valence-corrected chi connectivity index (χ2v) is 7.27. The number of para-hydroxylation sites is 1. The normalized spacial score (nSPS) is 12.5. The van der Waals surface area contributed by atoms with E-state index in [1.807, 2.05) is 37.4 Å². The Hall–Kier alpha value is -3.92. The molecule has 1 aromatic carbocycles. The highest BCUT2D eigenvalue weighted by Crippen LogP contribution is 2.35. The first kappa shape index (κ1) is 19.4. The number of anilines is 2. The largest absolute Gasteiger partial charge is 0.493 e. The third-order valence-electron chi connectivity index (χ3n) is 5.04. The molecule has 1 aliphatic heterocycles. The van der Waals surface area contributed by atoms with Crippen molar-refractivity contribution in [2.75, 3.05) is 19.5 Å². The fourth-order valence-electron chi connectivity index (χ4n) is 3.56. The Morgan fingerprint density at radius 3 is 2.77 bits per heavy atom. The minimum Gasteiger partial charge on any atom is -0.493 e. The van der Waals surface area contributed by atoms with E-state index >= 15 is 0 Å². The molecule has 2 aromatic heterocycles. The number of carbonyl (C=O) groups excluding carboxylic acids is 1. The van der Waals surface area contributed by atoms with Crippen LogP contribution in [0.5, 0.6) is 5.75 Å². The Kier molecular flexibility index (Phi) is 5.07. The molecular formula is C23H21N5O2. The number of amides is 1. The summed E-state index contributed by atoms with van der Waals surface area (Å²) in [6, 6.07) is 13.3. The van der Waals surface area contributed by atoms with Crippen molar-refractivity contribution in [3.8, 4) is 11.8 Å². The number of rotatable bonds is 5. The minimum absolute atomic E-state index is 0.0876. The standard InChI is InChI=1S/C23H21N5O2/c1-14-7-8-16(25-12-14)9-17-10-19(21-20(26-17)13-28(2)23(21)29)27-18-6-4-5-15(11-24)22(18)30-3/h4-8,10,12H,9,13H2,1-3H3,(H,26,27). The van der Waals surface area contributed by atoms with Crippen LogP contribution >= 0.6 is 0 Å². The van der Waals surface area contributed by atoms with Gasteiger partial charge in [0.15, 0.2) is 5.75 Å². The number of aromatic nitrogens is 2. The number of hydrogen-bond donors (Lipinski definition) is 1. The average molecular weight is 399 g/mol. The average Bonchev–Trinajstić information content (AvgIpc) is 3.03. The molecule has 0 atom stereocenters. The van der Waals surface area contributed by atoms with Gasteiger partial charge in [-0.25, -0.2) is 0 Å². The lowest BCUT2D eigenvalue weighted by atomic mass is 10.1. The van der Waals surface area contributed by atoms with E-state index in [1.165, 1.54) is 7.11 Å². The first-order chi connectivity index (χ1) is 14.5. The number of nitrogens with one attached hydrogen (secondary N) is 1. The summed E-state index contributed by atoms with van der Waals surface area (Å²) in [5.41, 5.74) is 5.76. The Labute approximate surface area is 175 Å². The molecule has 0 fully saturated rings. The zero-order valence-corrected chi connectivity index (χ0v) is 17.1. The zero-order valence-electron chi connectivity index (χ0n) is 17.1. The molecule has 4 rings (SSSR count). The summed E-state index contributed by atoms with van der Waals surface area (Å²) in [4.78, 5) is 23.6. The molecular weight excluding hydrogens is 378 g/mol. The van der Waals surface area contributed by atoms with Gasteiger partial charge < -0.3 is 15.0 Å². The molecule has 0 aliphatic carbocycles. The van der Waals surface area contributed by atoms with Crippen molar-refractivity contribution in [1.82, 2.24) is 14.9 Å². The monoisotopic (exact) mass is 399 g/mol. The predicted molar refractivity (Wildman–Crippen MR) is 113 cm³/mol. The van der Waals surface area contributed by atoms with Crippen molar-refractivity contribution in [3.63, 3.8) is 0 Å². The summed E-state index contributed by atoms with van der Waals surface area (Å²) < 4.78 is 5.44. The van der Waals surface area contributed by atoms with E-state index in [4.69, 9.17) is 9.72 Å². The number of fused-ring (bicyclic) bond motifs is 1. The highest BCUT2D eigenvalue weighted by atomic mass is 16.5. The number of nitrogens with zero attached hydrogens (tertiary/aromatic N) is 4. The van der Waals surface area contributed by atoms with Crippen LogP contribution in [0.3, 0.4) is 0 Å². The minimum atomic E-state index is -0.0876. The maximum absolute atomic E-state index is 12.7. The van der Waals surface area contributed by atoms with Gasteiger partial charge in [0.25, 0.3) is 5.91 Å². The maximum Gasteiger partial charge on any atom is 0.257 e. The van der Waals surface area contributed by atoms with Gasteiger partial charge >= 0.3 is 0 Å². The van der Waals surface area contributed by atoms with Crippen LogP contribution in [0.1, 0.15) is 38.6 Å². The van der Waals surface area contributed by atoms with Gasteiger partial charge in [-0.2, -0.15) is 5.26 Å². The van der Waals surface area contributed by atoms with E-state index in [-0.39, 0.29) is 5.91 Å². The number of benzene rings is 1. The molecule has 3 heterocycles. The van der Waals surface area contributed by atoms with Gasteiger partial charge in [-0.05, 0) is 36.8 Å². The highest BCUT2D eigenvalue weighted by Gasteiger charge is 2.30. The lowest BCUT2D eigenvalue weighted by Gasteiger charge is -2.15. The van der Waals surface area contributed by atoms with E-state index in [2.05, 4.69) is 16.4 Å². The molecule has 0 radical (unpaired) electrons. The van der Waals surface area contributed by atoms with E-state index in [0.29, 0.717) is 41.2 Å².